The lowest BCUT2D eigenvalue weighted by atomic mass is 10.1. The first-order chi connectivity index (χ1) is 19.8. The fourth-order valence-corrected chi connectivity index (χ4v) is 3.56. The van der Waals surface area contributed by atoms with E-state index in [0.717, 1.165) is 36.8 Å². The van der Waals surface area contributed by atoms with Crippen LogP contribution in [0.2, 0.25) is 0 Å². The molecule has 0 spiro atoms. The fourth-order valence-electron chi connectivity index (χ4n) is 3.56. The Kier molecular flexibility index (Phi) is 11.9. The van der Waals surface area contributed by atoms with Crippen LogP contribution < -0.4 is 14.2 Å². The molecule has 214 valence electrons. The molecule has 0 unspecified atom stereocenters. The van der Waals surface area contributed by atoms with Crippen molar-refractivity contribution >= 4 is 17.9 Å². The normalized spacial score (nSPS) is 10.4. The molecule has 0 saturated carbocycles. The van der Waals surface area contributed by atoms with Crippen LogP contribution in [0, 0.1) is 0 Å². The Morgan fingerprint density at radius 3 is 1.71 bits per heavy atom. The van der Waals surface area contributed by atoms with Crippen molar-refractivity contribution < 1.29 is 38.4 Å². The summed E-state index contributed by atoms with van der Waals surface area (Å²) in [5.74, 6) is -0.00756. The van der Waals surface area contributed by atoms with Gasteiger partial charge >= 0.3 is 17.9 Å². The van der Waals surface area contributed by atoms with E-state index in [0.29, 0.717) is 41.6 Å². The van der Waals surface area contributed by atoms with Gasteiger partial charge < -0.3 is 24.1 Å². The SMILES string of the molecule is C=C(C)C(=O)Oc1ccc(-c2ccc(OC(=O)c3ccc(OCCCCCCOC(=O)C(=C)CO)cc3)cc2)cc1. The summed E-state index contributed by atoms with van der Waals surface area (Å²) in [5, 5.41) is 8.83. The summed E-state index contributed by atoms with van der Waals surface area (Å²) in [4.78, 5) is 35.6. The Hall–Kier alpha value is -4.69. The number of esters is 3. The second kappa shape index (κ2) is 15.8. The Morgan fingerprint density at radius 1 is 0.659 bits per heavy atom. The molecule has 0 amide bonds. The Balaban J connectivity index is 1.38. The van der Waals surface area contributed by atoms with Crippen molar-refractivity contribution in [3.8, 4) is 28.4 Å². The Bertz CT molecular complexity index is 1340. The number of hydrogen-bond acceptors (Lipinski definition) is 8. The van der Waals surface area contributed by atoms with Gasteiger partial charge in [0.2, 0.25) is 0 Å². The molecule has 0 aromatic heterocycles. The molecule has 3 aromatic carbocycles. The maximum atomic E-state index is 12.6. The topological polar surface area (TPSA) is 108 Å². The molecule has 8 nitrogen and oxygen atoms in total. The predicted molar refractivity (Wildman–Crippen MR) is 155 cm³/mol. The van der Waals surface area contributed by atoms with Gasteiger partial charge in [-0.3, -0.25) is 0 Å². The summed E-state index contributed by atoms with van der Waals surface area (Å²) in [5.41, 5.74) is 2.61. The molecule has 0 aliphatic heterocycles. The molecule has 0 atom stereocenters. The van der Waals surface area contributed by atoms with Crippen LogP contribution in [0.25, 0.3) is 11.1 Å². The van der Waals surface area contributed by atoms with E-state index in [-0.39, 0.29) is 5.57 Å². The maximum Gasteiger partial charge on any atom is 0.343 e. The number of ether oxygens (including phenoxy) is 4. The minimum absolute atomic E-state index is 0.0532. The molecule has 0 aliphatic carbocycles. The van der Waals surface area contributed by atoms with E-state index in [1.807, 2.05) is 24.3 Å². The predicted octanol–water partition coefficient (Wildman–Crippen LogP) is 6.09. The van der Waals surface area contributed by atoms with Gasteiger partial charge in [-0.2, -0.15) is 0 Å². The highest BCUT2D eigenvalue weighted by atomic mass is 16.5. The third-order valence-corrected chi connectivity index (χ3v) is 5.92. The Labute approximate surface area is 239 Å². The van der Waals surface area contributed by atoms with E-state index >= 15 is 0 Å². The van der Waals surface area contributed by atoms with Gasteiger partial charge in [0.1, 0.15) is 17.2 Å². The second-order valence-electron chi connectivity index (χ2n) is 9.29. The van der Waals surface area contributed by atoms with Crippen LogP contribution in [0.3, 0.4) is 0 Å². The molecule has 1 N–H and O–H groups in total. The zero-order chi connectivity index (χ0) is 29.6. The zero-order valence-electron chi connectivity index (χ0n) is 23.1. The van der Waals surface area contributed by atoms with Crippen LogP contribution >= 0.6 is 0 Å². The molecule has 0 fully saturated rings. The maximum absolute atomic E-state index is 12.6. The summed E-state index contributed by atoms with van der Waals surface area (Å²) < 4.78 is 21.4. The quantitative estimate of drug-likeness (QED) is 0.103. The van der Waals surface area contributed by atoms with Crippen molar-refractivity contribution in [2.24, 2.45) is 0 Å². The van der Waals surface area contributed by atoms with Crippen molar-refractivity contribution in [2.45, 2.75) is 32.6 Å². The molecule has 0 aliphatic rings. The molecule has 0 saturated heterocycles. The third kappa shape index (κ3) is 10.1. The summed E-state index contributed by atoms with van der Waals surface area (Å²) in [6.07, 6.45) is 3.36. The third-order valence-electron chi connectivity index (χ3n) is 5.92. The number of benzene rings is 3. The van der Waals surface area contributed by atoms with Gasteiger partial charge in [0.25, 0.3) is 0 Å². The first kappa shape index (κ1) is 30.8. The second-order valence-corrected chi connectivity index (χ2v) is 9.29. The molecule has 0 radical (unpaired) electrons. The van der Waals surface area contributed by atoms with Crippen LogP contribution in [0.1, 0.15) is 43.0 Å². The average molecular weight is 559 g/mol. The molecule has 0 bridgehead atoms. The Morgan fingerprint density at radius 2 is 1.17 bits per heavy atom. The number of hydrogen-bond donors (Lipinski definition) is 1. The van der Waals surface area contributed by atoms with Gasteiger partial charge in [-0.05, 0) is 92.3 Å². The van der Waals surface area contributed by atoms with Gasteiger partial charge in [0.05, 0.1) is 31.0 Å². The minimum Gasteiger partial charge on any atom is -0.494 e. The molecule has 8 heteroatoms. The van der Waals surface area contributed by atoms with Crippen molar-refractivity contribution in [2.75, 3.05) is 19.8 Å². The largest absolute Gasteiger partial charge is 0.494 e. The standard InChI is InChI=1S/C33H34O8/c1-23(2)31(35)40-29-16-8-25(9-17-29)26-10-18-30(19-11-26)41-33(37)27-12-14-28(15-13-27)38-20-6-4-5-7-21-39-32(36)24(3)22-34/h8-19,34H,1,3-7,20-22H2,2H3. The number of carbonyl (C=O) groups is 3. The highest BCUT2D eigenvalue weighted by molar-refractivity contribution is 5.91. The smallest absolute Gasteiger partial charge is 0.343 e. The van der Waals surface area contributed by atoms with E-state index in [2.05, 4.69) is 13.2 Å². The summed E-state index contributed by atoms with van der Waals surface area (Å²) >= 11 is 0. The van der Waals surface area contributed by atoms with Crippen LogP contribution in [-0.4, -0.2) is 42.8 Å². The number of aliphatic hydroxyl groups is 1. The van der Waals surface area contributed by atoms with E-state index in [1.54, 1.807) is 55.5 Å². The van der Waals surface area contributed by atoms with Crippen molar-refractivity contribution in [3.63, 3.8) is 0 Å². The van der Waals surface area contributed by atoms with Crippen LogP contribution in [-0.2, 0) is 14.3 Å². The molecular weight excluding hydrogens is 524 g/mol. The summed E-state index contributed by atoms with van der Waals surface area (Å²) in [6.45, 7) is 9.00. The monoisotopic (exact) mass is 558 g/mol. The van der Waals surface area contributed by atoms with Gasteiger partial charge in [-0.25, -0.2) is 14.4 Å². The lowest BCUT2D eigenvalue weighted by Crippen LogP contribution is -2.10. The molecule has 3 rings (SSSR count). The average Bonchev–Trinajstić information content (AvgIpc) is 2.99. The molecule has 0 heterocycles. The van der Waals surface area contributed by atoms with E-state index in [9.17, 15) is 14.4 Å². The minimum atomic E-state index is -0.564. The summed E-state index contributed by atoms with van der Waals surface area (Å²) in [7, 11) is 0. The lowest BCUT2D eigenvalue weighted by molar-refractivity contribution is -0.139. The number of aliphatic hydroxyl groups excluding tert-OH is 1. The van der Waals surface area contributed by atoms with Crippen LogP contribution in [0.4, 0.5) is 0 Å². The highest BCUT2D eigenvalue weighted by Crippen LogP contribution is 2.25. The van der Waals surface area contributed by atoms with E-state index < -0.39 is 24.5 Å². The highest BCUT2D eigenvalue weighted by Gasteiger charge is 2.10. The van der Waals surface area contributed by atoms with Gasteiger partial charge in [0.15, 0.2) is 0 Å². The van der Waals surface area contributed by atoms with E-state index in [1.165, 1.54) is 0 Å². The van der Waals surface area contributed by atoms with Gasteiger partial charge in [-0.1, -0.05) is 37.4 Å². The first-order valence-corrected chi connectivity index (χ1v) is 13.3. The molecule has 3 aromatic rings. The van der Waals surface area contributed by atoms with Gasteiger partial charge in [0, 0.05) is 5.57 Å². The van der Waals surface area contributed by atoms with Crippen LogP contribution in [0.15, 0.2) is 97.1 Å². The lowest BCUT2D eigenvalue weighted by Gasteiger charge is -2.09. The van der Waals surface area contributed by atoms with Crippen molar-refractivity contribution in [3.05, 3.63) is 103 Å². The van der Waals surface area contributed by atoms with Crippen molar-refractivity contribution in [1.82, 2.24) is 0 Å². The number of rotatable bonds is 15. The van der Waals surface area contributed by atoms with Crippen LogP contribution in [0.5, 0.6) is 17.2 Å². The summed E-state index contributed by atoms with van der Waals surface area (Å²) in [6, 6.07) is 21.0. The van der Waals surface area contributed by atoms with Crippen molar-refractivity contribution in [1.29, 1.82) is 0 Å². The fraction of sp³-hybridized carbons (Fsp3) is 0.242. The number of unbranched alkanes of at least 4 members (excludes halogenated alkanes) is 3. The van der Waals surface area contributed by atoms with E-state index in [4.69, 9.17) is 24.1 Å². The molecular formula is C33H34O8. The number of carbonyl (C=O) groups excluding carboxylic acids is 3. The van der Waals surface area contributed by atoms with Gasteiger partial charge in [-0.15, -0.1) is 0 Å². The molecule has 41 heavy (non-hydrogen) atoms. The first-order valence-electron chi connectivity index (χ1n) is 13.3. The zero-order valence-corrected chi connectivity index (χ0v) is 23.1.